The lowest BCUT2D eigenvalue weighted by molar-refractivity contribution is 0.412. The van der Waals surface area contributed by atoms with Gasteiger partial charge in [0.1, 0.15) is 10.7 Å². The molecule has 0 radical (unpaired) electrons. The molecule has 0 spiro atoms. The molecule has 0 atom stereocenters. The van der Waals surface area contributed by atoms with E-state index in [9.17, 15) is 0 Å². The third-order valence-electron chi connectivity index (χ3n) is 1.64. The molecule has 2 aromatic rings. The molecule has 2 aromatic heterocycles. The van der Waals surface area contributed by atoms with Crippen LogP contribution >= 0.6 is 22.7 Å². The molecule has 0 saturated heterocycles. The van der Waals surface area contributed by atoms with Gasteiger partial charge in [-0.25, -0.2) is 9.97 Å². The van der Waals surface area contributed by atoms with Gasteiger partial charge in [0.2, 0.25) is 0 Å². The highest BCUT2D eigenvalue weighted by Gasteiger charge is 2.08. The molecule has 0 fully saturated rings. The highest BCUT2D eigenvalue weighted by Crippen LogP contribution is 2.28. The quantitative estimate of drug-likeness (QED) is 0.867. The SMILES string of the molecule is COc1nc(-c2nc(CN)cs2)cs1. The monoisotopic (exact) mass is 227 g/mol. The minimum absolute atomic E-state index is 0.470. The van der Waals surface area contributed by atoms with Crippen LogP contribution in [0, 0.1) is 0 Å². The third kappa shape index (κ3) is 1.77. The summed E-state index contributed by atoms with van der Waals surface area (Å²) in [5.74, 6) is 0. The van der Waals surface area contributed by atoms with Crippen LogP contribution < -0.4 is 10.5 Å². The van der Waals surface area contributed by atoms with Crippen LogP contribution in [0.3, 0.4) is 0 Å². The Bertz CT molecular complexity index is 383. The Hall–Kier alpha value is -0.980. The Morgan fingerprint density at radius 2 is 2.21 bits per heavy atom. The predicted molar refractivity (Wildman–Crippen MR) is 57.7 cm³/mol. The minimum atomic E-state index is 0.470. The summed E-state index contributed by atoms with van der Waals surface area (Å²) in [5, 5.41) is 5.42. The molecule has 2 N–H and O–H groups in total. The second-order valence-corrected chi connectivity index (χ2v) is 4.23. The lowest BCUT2D eigenvalue weighted by Gasteiger charge is -1.89. The summed E-state index contributed by atoms with van der Waals surface area (Å²) < 4.78 is 5.01. The van der Waals surface area contributed by atoms with E-state index in [-0.39, 0.29) is 0 Å². The van der Waals surface area contributed by atoms with E-state index in [0.29, 0.717) is 11.7 Å². The maximum atomic E-state index is 5.47. The Kier molecular flexibility index (Phi) is 2.76. The van der Waals surface area contributed by atoms with Crippen molar-refractivity contribution < 1.29 is 4.74 Å². The predicted octanol–water partition coefficient (Wildman–Crippen LogP) is 1.73. The van der Waals surface area contributed by atoms with Gasteiger partial charge in [0, 0.05) is 17.3 Å². The zero-order valence-electron chi connectivity index (χ0n) is 7.56. The van der Waals surface area contributed by atoms with Crippen LogP contribution in [0.2, 0.25) is 0 Å². The summed E-state index contributed by atoms with van der Waals surface area (Å²) in [5.41, 5.74) is 7.23. The van der Waals surface area contributed by atoms with Crippen molar-refractivity contribution in [2.45, 2.75) is 6.54 Å². The number of rotatable bonds is 3. The summed E-state index contributed by atoms with van der Waals surface area (Å²) in [7, 11) is 1.61. The van der Waals surface area contributed by atoms with Gasteiger partial charge in [-0.05, 0) is 0 Å². The van der Waals surface area contributed by atoms with E-state index >= 15 is 0 Å². The second kappa shape index (κ2) is 4.04. The number of hydrogen-bond acceptors (Lipinski definition) is 6. The first-order valence-electron chi connectivity index (χ1n) is 3.98. The number of ether oxygens (including phenoxy) is 1. The van der Waals surface area contributed by atoms with Crippen LogP contribution in [0.1, 0.15) is 5.69 Å². The molecule has 2 rings (SSSR count). The fourth-order valence-corrected chi connectivity index (χ4v) is 2.46. The number of hydrogen-bond donors (Lipinski definition) is 1. The van der Waals surface area contributed by atoms with Crippen molar-refractivity contribution in [2.24, 2.45) is 5.73 Å². The van der Waals surface area contributed by atoms with E-state index in [0.717, 1.165) is 16.4 Å². The normalized spacial score (nSPS) is 10.4. The smallest absolute Gasteiger partial charge is 0.273 e. The molecule has 0 aliphatic heterocycles. The minimum Gasteiger partial charge on any atom is -0.473 e. The van der Waals surface area contributed by atoms with Crippen LogP contribution in [0.15, 0.2) is 10.8 Å². The molecular formula is C8H9N3OS2. The maximum absolute atomic E-state index is 5.47. The van der Waals surface area contributed by atoms with Crippen LogP contribution in [0.4, 0.5) is 0 Å². The fraction of sp³-hybridized carbons (Fsp3) is 0.250. The summed E-state index contributed by atoms with van der Waals surface area (Å²) in [6, 6.07) is 0. The van der Waals surface area contributed by atoms with E-state index < -0.39 is 0 Å². The molecule has 0 bridgehead atoms. The van der Waals surface area contributed by atoms with Gasteiger partial charge in [-0.3, -0.25) is 0 Å². The third-order valence-corrected chi connectivity index (χ3v) is 3.35. The molecule has 74 valence electrons. The van der Waals surface area contributed by atoms with E-state index in [1.807, 2.05) is 10.8 Å². The van der Waals surface area contributed by atoms with Crippen molar-refractivity contribution in [1.29, 1.82) is 0 Å². The number of nitrogens with zero attached hydrogens (tertiary/aromatic N) is 2. The van der Waals surface area contributed by atoms with Gasteiger partial charge >= 0.3 is 0 Å². The molecule has 0 amide bonds. The molecule has 14 heavy (non-hydrogen) atoms. The topological polar surface area (TPSA) is 61.0 Å². The Morgan fingerprint density at radius 1 is 1.36 bits per heavy atom. The van der Waals surface area contributed by atoms with Crippen molar-refractivity contribution in [2.75, 3.05) is 7.11 Å². The van der Waals surface area contributed by atoms with E-state index in [1.165, 1.54) is 11.3 Å². The summed E-state index contributed by atoms with van der Waals surface area (Å²) in [6.45, 7) is 0.470. The van der Waals surface area contributed by atoms with E-state index in [2.05, 4.69) is 9.97 Å². The van der Waals surface area contributed by atoms with E-state index in [1.54, 1.807) is 18.4 Å². The van der Waals surface area contributed by atoms with Gasteiger partial charge in [0.25, 0.3) is 5.19 Å². The second-order valence-electron chi connectivity index (χ2n) is 2.55. The molecule has 0 unspecified atom stereocenters. The Balaban J connectivity index is 2.29. The zero-order valence-corrected chi connectivity index (χ0v) is 9.19. The molecule has 4 nitrogen and oxygen atoms in total. The highest BCUT2D eigenvalue weighted by atomic mass is 32.1. The molecule has 6 heteroatoms. The Morgan fingerprint density at radius 3 is 2.79 bits per heavy atom. The van der Waals surface area contributed by atoms with Gasteiger partial charge in [-0.15, -0.1) is 11.3 Å². The van der Waals surface area contributed by atoms with Crippen molar-refractivity contribution >= 4 is 22.7 Å². The first-order valence-corrected chi connectivity index (χ1v) is 5.73. The van der Waals surface area contributed by atoms with Gasteiger partial charge in [-0.2, -0.15) is 0 Å². The first-order chi connectivity index (χ1) is 6.83. The molecule has 2 heterocycles. The van der Waals surface area contributed by atoms with Crippen LogP contribution in [-0.4, -0.2) is 17.1 Å². The maximum Gasteiger partial charge on any atom is 0.273 e. The van der Waals surface area contributed by atoms with E-state index in [4.69, 9.17) is 10.5 Å². The molecule has 0 saturated carbocycles. The molecular weight excluding hydrogens is 218 g/mol. The van der Waals surface area contributed by atoms with Crippen LogP contribution in [-0.2, 0) is 6.54 Å². The van der Waals surface area contributed by atoms with Crippen LogP contribution in [0.5, 0.6) is 5.19 Å². The van der Waals surface area contributed by atoms with Crippen LogP contribution in [0.25, 0.3) is 10.7 Å². The lowest BCUT2D eigenvalue weighted by Crippen LogP contribution is -1.95. The number of nitrogens with two attached hydrogens (primary N) is 1. The number of thiazole rings is 2. The summed E-state index contributed by atoms with van der Waals surface area (Å²) >= 11 is 3.01. The van der Waals surface area contributed by atoms with Crippen molar-refractivity contribution in [3.63, 3.8) is 0 Å². The fourth-order valence-electron chi connectivity index (χ4n) is 0.968. The van der Waals surface area contributed by atoms with Crippen molar-refractivity contribution in [3.05, 3.63) is 16.5 Å². The number of methoxy groups -OCH3 is 1. The molecule has 0 aromatic carbocycles. The Labute approximate surface area is 89.4 Å². The average Bonchev–Trinajstić information content (AvgIpc) is 2.86. The summed E-state index contributed by atoms with van der Waals surface area (Å²) in [4.78, 5) is 8.58. The average molecular weight is 227 g/mol. The molecule has 0 aliphatic rings. The standard InChI is InChI=1S/C8H9N3OS2/c1-12-8-11-6(4-14-8)7-10-5(2-9)3-13-7/h3-4H,2,9H2,1H3. The number of aromatic nitrogens is 2. The van der Waals surface area contributed by atoms with Gasteiger partial charge in [0.15, 0.2) is 0 Å². The zero-order chi connectivity index (χ0) is 9.97. The largest absolute Gasteiger partial charge is 0.473 e. The highest BCUT2D eigenvalue weighted by molar-refractivity contribution is 7.14. The summed E-state index contributed by atoms with van der Waals surface area (Å²) in [6.07, 6.45) is 0. The van der Waals surface area contributed by atoms with Crippen molar-refractivity contribution in [1.82, 2.24) is 9.97 Å². The van der Waals surface area contributed by atoms with Crippen molar-refractivity contribution in [3.8, 4) is 15.9 Å². The molecule has 0 aliphatic carbocycles. The first kappa shape index (κ1) is 9.57. The lowest BCUT2D eigenvalue weighted by atomic mass is 10.5. The van der Waals surface area contributed by atoms with Gasteiger partial charge < -0.3 is 10.5 Å². The van der Waals surface area contributed by atoms with Gasteiger partial charge in [0.05, 0.1) is 12.8 Å². The van der Waals surface area contributed by atoms with Gasteiger partial charge in [-0.1, -0.05) is 11.3 Å².